The van der Waals surface area contributed by atoms with Crippen molar-refractivity contribution < 1.29 is 17.9 Å². The van der Waals surface area contributed by atoms with E-state index in [9.17, 15) is 13.2 Å². The number of thiophene rings is 1. The number of Topliss-reactive ketones (excluding diaryl/α,β-unsaturated/α-hetero) is 1. The molecule has 1 aromatic carbocycles. The molecule has 0 atom stereocenters. The van der Waals surface area contributed by atoms with Crippen LogP contribution in [-0.4, -0.2) is 38.7 Å². The van der Waals surface area contributed by atoms with Crippen LogP contribution in [0.1, 0.15) is 28.1 Å². The van der Waals surface area contributed by atoms with Crippen LogP contribution in [0.4, 0.5) is 0 Å². The Morgan fingerprint density at radius 3 is 2.52 bits per heavy atom. The zero-order valence-corrected chi connectivity index (χ0v) is 15.9. The van der Waals surface area contributed by atoms with Gasteiger partial charge in [-0.3, -0.25) is 4.79 Å². The number of aryl methyl sites for hydroxylation is 1. The van der Waals surface area contributed by atoms with E-state index in [0.717, 1.165) is 4.88 Å². The Kier molecular flexibility index (Phi) is 5.27. The Morgan fingerprint density at radius 2 is 1.96 bits per heavy atom. The van der Waals surface area contributed by atoms with Crippen molar-refractivity contribution in [2.24, 2.45) is 5.92 Å². The number of hydrogen-bond donors (Lipinski definition) is 0. The molecule has 2 aromatic rings. The first-order valence-corrected chi connectivity index (χ1v) is 10.5. The molecular weight excluding hydrogens is 358 g/mol. The summed E-state index contributed by atoms with van der Waals surface area (Å²) in [4.78, 5) is 13.5. The molecule has 1 saturated heterocycles. The van der Waals surface area contributed by atoms with E-state index in [1.54, 1.807) is 32.2 Å². The van der Waals surface area contributed by atoms with Gasteiger partial charge >= 0.3 is 0 Å². The number of carbonyl (C=O) groups is 1. The van der Waals surface area contributed by atoms with Gasteiger partial charge in [-0.2, -0.15) is 4.31 Å². The molecule has 0 unspecified atom stereocenters. The summed E-state index contributed by atoms with van der Waals surface area (Å²) in [6, 6.07) is 8.67. The summed E-state index contributed by atoms with van der Waals surface area (Å²) in [5.41, 5.74) is 0.663. The summed E-state index contributed by atoms with van der Waals surface area (Å²) < 4.78 is 32.5. The number of rotatable bonds is 5. The van der Waals surface area contributed by atoms with E-state index in [0.29, 0.717) is 42.1 Å². The number of ketones is 1. The van der Waals surface area contributed by atoms with E-state index in [1.807, 2.05) is 17.5 Å². The molecule has 5 nitrogen and oxygen atoms in total. The largest absolute Gasteiger partial charge is 0.497 e. The van der Waals surface area contributed by atoms with Gasteiger partial charge in [0.1, 0.15) is 5.75 Å². The van der Waals surface area contributed by atoms with Gasteiger partial charge in [0.15, 0.2) is 5.78 Å². The highest BCUT2D eigenvalue weighted by Gasteiger charge is 2.33. The van der Waals surface area contributed by atoms with E-state index in [4.69, 9.17) is 4.74 Å². The molecule has 0 amide bonds. The molecule has 0 aliphatic carbocycles. The quantitative estimate of drug-likeness (QED) is 0.748. The number of benzene rings is 1. The fourth-order valence-corrected chi connectivity index (χ4v) is 5.57. The van der Waals surface area contributed by atoms with E-state index >= 15 is 0 Å². The third kappa shape index (κ3) is 3.63. The third-order valence-corrected chi connectivity index (χ3v) is 7.53. The van der Waals surface area contributed by atoms with Crippen molar-refractivity contribution in [2.45, 2.75) is 24.7 Å². The molecule has 0 spiro atoms. The van der Waals surface area contributed by atoms with E-state index in [-0.39, 0.29) is 11.7 Å². The molecule has 1 aromatic heterocycles. The first-order valence-electron chi connectivity index (χ1n) is 8.16. The molecule has 0 N–H and O–H groups in total. The second-order valence-corrected chi connectivity index (χ2v) is 9.01. The molecule has 3 rings (SSSR count). The Morgan fingerprint density at radius 1 is 1.24 bits per heavy atom. The molecule has 134 valence electrons. The van der Waals surface area contributed by atoms with Crippen LogP contribution >= 0.6 is 11.3 Å². The topological polar surface area (TPSA) is 63.7 Å². The zero-order chi connectivity index (χ0) is 18.0. The van der Waals surface area contributed by atoms with Gasteiger partial charge in [0.05, 0.1) is 16.9 Å². The molecule has 7 heteroatoms. The lowest BCUT2D eigenvalue weighted by atomic mass is 9.93. The maximum atomic E-state index is 12.9. The Bertz CT molecular complexity index is 851. The maximum Gasteiger partial charge on any atom is 0.243 e. The van der Waals surface area contributed by atoms with E-state index < -0.39 is 10.0 Å². The minimum atomic E-state index is -3.55. The van der Waals surface area contributed by atoms with Crippen LogP contribution in [0.5, 0.6) is 5.75 Å². The Balaban J connectivity index is 1.72. The number of hydrogen-bond acceptors (Lipinski definition) is 5. The van der Waals surface area contributed by atoms with Crippen LogP contribution in [0, 0.1) is 12.8 Å². The second-order valence-electron chi connectivity index (χ2n) is 6.15. The number of methoxy groups -OCH3 is 1. The average molecular weight is 380 g/mol. The number of sulfonamides is 1. The maximum absolute atomic E-state index is 12.9. The molecule has 2 heterocycles. The van der Waals surface area contributed by atoms with Crippen molar-refractivity contribution >= 4 is 27.1 Å². The Hall–Kier alpha value is -1.70. The standard InChI is InChI=1S/C18H21NO4S2/c1-13-12-15(23-2)5-6-17(13)25(21,22)19-9-7-14(8-10-19)18(20)16-4-3-11-24-16/h3-6,11-12,14H,7-10H2,1-2H3. The van der Waals surface area contributed by atoms with E-state index in [2.05, 4.69) is 0 Å². The fraction of sp³-hybridized carbons (Fsp3) is 0.389. The highest BCUT2D eigenvalue weighted by Crippen LogP contribution is 2.29. The zero-order valence-electron chi connectivity index (χ0n) is 14.3. The lowest BCUT2D eigenvalue weighted by Crippen LogP contribution is -2.40. The second kappa shape index (κ2) is 7.27. The van der Waals surface area contributed by atoms with Gasteiger partial charge in [-0.1, -0.05) is 6.07 Å². The molecule has 0 bridgehead atoms. The van der Waals surface area contributed by atoms with E-state index in [1.165, 1.54) is 15.6 Å². The van der Waals surface area contributed by atoms with Gasteiger partial charge in [-0.05, 0) is 55.0 Å². The molecule has 25 heavy (non-hydrogen) atoms. The van der Waals surface area contributed by atoms with Crippen molar-refractivity contribution in [2.75, 3.05) is 20.2 Å². The van der Waals surface area contributed by atoms with Crippen molar-refractivity contribution in [1.82, 2.24) is 4.31 Å². The monoisotopic (exact) mass is 379 g/mol. The predicted molar refractivity (Wildman–Crippen MR) is 97.9 cm³/mol. The molecule has 0 saturated carbocycles. The lowest BCUT2D eigenvalue weighted by Gasteiger charge is -2.30. The molecule has 1 aliphatic rings. The normalized spacial score (nSPS) is 16.7. The van der Waals surface area contributed by atoms with Crippen LogP contribution in [0.3, 0.4) is 0 Å². The summed E-state index contributed by atoms with van der Waals surface area (Å²) in [7, 11) is -2.00. The summed E-state index contributed by atoms with van der Waals surface area (Å²) in [6.07, 6.45) is 1.12. The lowest BCUT2D eigenvalue weighted by molar-refractivity contribution is 0.0879. The number of piperidine rings is 1. The predicted octanol–water partition coefficient (Wildman–Crippen LogP) is 3.35. The van der Waals surface area contributed by atoms with Crippen molar-refractivity contribution in [1.29, 1.82) is 0 Å². The molecular formula is C18H21NO4S2. The van der Waals surface area contributed by atoms with Crippen LogP contribution in [0.15, 0.2) is 40.6 Å². The van der Waals surface area contributed by atoms with Crippen LogP contribution in [0.25, 0.3) is 0 Å². The van der Waals surface area contributed by atoms with Crippen LogP contribution in [-0.2, 0) is 10.0 Å². The van der Waals surface area contributed by atoms with Crippen LogP contribution in [0.2, 0.25) is 0 Å². The van der Waals surface area contributed by atoms with Crippen molar-refractivity contribution in [3.05, 3.63) is 46.2 Å². The third-order valence-electron chi connectivity index (χ3n) is 4.59. The fourth-order valence-electron chi connectivity index (χ4n) is 3.16. The number of nitrogens with zero attached hydrogens (tertiary/aromatic N) is 1. The van der Waals surface area contributed by atoms with Gasteiger partial charge in [-0.25, -0.2) is 8.42 Å². The van der Waals surface area contributed by atoms with Gasteiger partial charge in [-0.15, -0.1) is 11.3 Å². The van der Waals surface area contributed by atoms with Gasteiger partial charge in [0.2, 0.25) is 10.0 Å². The summed E-state index contributed by atoms with van der Waals surface area (Å²) in [5.74, 6) is 0.673. The summed E-state index contributed by atoms with van der Waals surface area (Å²) in [5, 5.41) is 1.89. The molecule has 0 radical (unpaired) electrons. The highest BCUT2D eigenvalue weighted by molar-refractivity contribution is 7.89. The minimum Gasteiger partial charge on any atom is -0.497 e. The Labute approximate surface area is 152 Å². The van der Waals surface area contributed by atoms with Gasteiger partial charge in [0, 0.05) is 19.0 Å². The van der Waals surface area contributed by atoms with Crippen molar-refractivity contribution in [3.63, 3.8) is 0 Å². The summed E-state index contributed by atoms with van der Waals surface area (Å²) in [6.45, 7) is 2.51. The molecule has 1 aliphatic heterocycles. The first kappa shape index (κ1) is 18.1. The van der Waals surface area contributed by atoms with Gasteiger partial charge < -0.3 is 4.74 Å². The minimum absolute atomic E-state index is 0.0953. The summed E-state index contributed by atoms with van der Waals surface area (Å²) >= 11 is 1.44. The van der Waals surface area contributed by atoms with Crippen LogP contribution < -0.4 is 4.74 Å². The molecule has 1 fully saturated rings. The number of carbonyl (C=O) groups excluding carboxylic acids is 1. The number of ether oxygens (including phenoxy) is 1. The highest BCUT2D eigenvalue weighted by atomic mass is 32.2. The van der Waals surface area contributed by atoms with Crippen molar-refractivity contribution in [3.8, 4) is 5.75 Å². The van der Waals surface area contributed by atoms with Gasteiger partial charge in [0.25, 0.3) is 0 Å². The average Bonchev–Trinajstić information content (AvgIpc) is 3.15. The smallest absolute Gasteiger partial charge is 0.243 e. The first-order chi connectivity index (χ1) is 11.9. The SMILES string of the molecule is COc1ccc(S(=O)(=O)N2CCC(C(=O)c3cccs3)CC2)c(C)c1.